The van der Waals surface area contributed by atoms with E-state index in [1.807, 2.05) is 29.5 Å². The topological polar surface area (TPSA) is 120 Å². The molecule has 2 unspecified atom stereocenters. The minimum absolute atomic E-state index is 0.0000950. The Morgan fingerprint density at radius 1 is 1.09 bits per heavy atom. The molecule has 226 valence electrons. The highest BCUT2D eigenvalue weighted by Crippen LogP contribution is 2.39. The fraction of sp³-hybridized carbons (Fsp3) is 0.515. The number of pyridine rings is 2. The molecule has 2 aliphatic heterocycles. The standard InChI is InChI=1S/C33H41N7O3/c1-18(11-29(41)35-3)26-10-7-21-12-27(38(32(21)36-26)17-20-5-6-20)31-19(2)39-28(37-31)13-22(14-30(39)43-4)33(42)40-24-8-9-25(40)16-23(34)15-24/h7,10,12-14,18,20,23-25H,5-6,8-9,11,15-17,34H2,1-4H3,(H,35,41)/t18?,23?,24-,25+. The maximum Gasteiger partial charge on any atom is 0.254 e. The molecular weight excluding hydrogens is 542 g/mol. The Bertz CT molecular complexity index is 1720. The quantitative estimate of drug-likeness (QED) is 0.317. The maximum atomic E-state index is 13.9. The summed E-state index contributed by atoms with van der Waals surface area (Å²) in [6.45, 7) is 4.96. The van der Waals surface area contributed by atoms with Gasteiger partial charge in [-0.15, -0.1) is 0 Å². The van der Waals surface area contributed by atoms with Crippen LogP contribution in [0.1, 0.15) is 79.5 Å². The number of hydrogen-bond donors (Lipinski definition) is 2. The lowest BCUT2D eigenvalue weighted by atomic mass is 9.97. The molecule has 43 heavy (non-hydrogen) atoms. The monoisotopic (exact) mass is 583 g/mol. The van der Waals surface area contributed by atoms with Gasteiger partial charge in [-0.1, -0.05) is 6.92 Å². The zero-order chi connectivity index (χ0) is 30.0. The van der Waals surface area contributed by atoms with Crippen LogP contribution >= 0.6 is 0 Å². The molecule has 3 N–H and O–H groups in total. The first-order chi connectivity index (χ1) is 20.7. The Morgan fingerprint density at radius 3 is 2.51 bits per heavy atom. The molecule has 2 amide bonds. The number of nitrogens with zero attached hydrogens (tertiary/aromatic N) is 5. The number of imidazole rings is 1. The number of rotatable bonds is 8. The summed E-state index contributed by atoms with van der Waals surface area (Å²) in [5.74, 6) is 1.25. The third-order valence-electron chi connectivity index (χ3n) is 9.80. The van der Waals surface area contributed by atoms with Crippen LogP contribution in [0.3, 0.4) is 0 Å². The Kier molecular flexibility index (Phi) is 6.91. The summed E-state index contributed by atoms with van der Waals surface area (Å²) in [5, 5.41) is 3.77. The molecule has 3 fully saturated rings. The van der Waals surface area contributed by atoms with Crippen LogP contribution in [0, 0.1) is 12.8 Å². The molecule has 1 aliphatic carbocycles. The van der Waals surface area contributed by atoms with Gasteiger partial charge >= 0.3 is 0 Å². The molecule has 3 aliphatic rings. The lowest BCUT2D eigenvalue weighted by molar-refractivity contribution is -0.120. The first kappa shape index (κ1) is 27.9. The van der Waals surface area contributed by atoms with Gasteiger partial charge in [0.25, 0.3) is 5.91 Å². The van der Waals surface area contributed by atoms with Crippen molar-refractivity contribution in [2.24, 2.45) is 11.7 Å². The van der Waals surface area contributed by atoms with Gasteiger partial charge in [0.15, 0.2) is 5.88 Å². The molecular formula is C33H41N7O3. The summed E-state index contributed by atoms with van der Waals surface area (Å²) in [5.41, 5.74) is 12.2. The van der Waals surface area contributed by atoms with Crippen LogP contribution in [0.5, 0.6) is 5.88 Å². The molecule has 0 aromatic carbocycles. The minimum Gasteiger partial charge on any atom is -0.482 e. The predicted octanol–water partition coefficient (Wildman–Crippen LogP) is 4.41. The Labute approximate surface area is 251 Å². The van der Waals surface area contributed by atoms with Crippen molar-refractivity contribution in [3.63, 3.8) is 0 Å². The van der Waals surface area contributed by atoms with Crippen LogP contribution in [0.4, 0.5) is 0 Å². The number of amides is 2. The van der Waals surface area contributed by atoms with Gasteiger partial charge < -0.3 is 25.3 Å². The molecule has 2 bridgehead atoms. The van der Waals surface area contributed by atoms with Gasteiger partial charge in [-0.25, -0.2) is 9.97 Å². The Morgan fingerprint density at radius 2 is 1.84 bits per heavy atom. The van der Waals surface area contributed by atoms with Crippen molar-refractivity contribution < 1.29 is 14.3 Å². The summed E-state index contributed by atoms with van der Waals surface area (Å²) >= 11 is 0. The number of aromatic nitrogens is 4. The van der Waals surface area contributed by atoms with E-state index in [0.29, 0.717) is 29.4 Å². The molecule has 10 nitrogen and oxygen atoms in total. The summed E-state index contributed by atoms with van der Waals surface area (Å²) in [7, 11) is 3.30. The molecule has 0 spiro atoms. The minimum atomic E-state index is 0.0000950. The fourth-order valence-corrected chi connectivity index (χ4v) is 7.33. The number of aryl methyl sites for hydroxylation is 1. The second-order valence-electron chi connectivity index (χ2n) is 12.9. The molecule has 6 heterocycles. The van der Waals surface area contributed by atoms with Gasteiger partial charge in [-0.05, 0) is 75.6 Å². The summed E-state index contributed by atoms with van der Waals surface area (Å²) in [4.78, 5) is 38.2. The second kappa shape index (κ2) is 10.7. The first-order valence-electron chi connectivity index (χ1n) is 15.6. The van der Waals surface area contributed by atoms with E-state index < -0.39 is 0 Å². The normalized spacial score (nSPS) is 22.3. The van der Waals surface area contributed by atoms with Crippen LogP contribution in [0.2, 0.25) is 0 Å². The highest BCUT2D eigenvalue weighted by atomic mass is 16.5. The summed E-state index contributed by atoms with van der Waals surface area (Å²) < 4.78 is 10.1. The largest absolute Gasteiger partial charge is 0.482 e. The van der Waals surface area contributed by atoms with Crippen molar-refractivity contribution in [3.8, 4) is 17.3 Å². The Balaban J connectivity index is 1.31. The molecule has 4 aromatic rings. The van der Waals surface area contributed by atoms with Gasteiger partial charge in [-0.2, -0.15) is 0 Å². The highest BCUT2D eigenvalue weighted by Gasteiger charge is 2.42. The van der Waals surface area contributed by atoms with E-state index in [1.165, 1.54) is 12.8 Å². The van der Waals surface area contributed by atoms with E-state index >= 15 is 0 Å². The van der Waals surface area contributed by atoms with Gasteiger partial charge in [0.2, 0.25) is 5.91 Å². The van der Waals surface area contributed by atoms with Crippen molar-refractivity contribution in [2.45, 2.75) is 89.4 Å². The second-order valence-corrected chi connectivity index (χ2v) is 12.9. The molecule has 1 saturated carbocycles. The number of ether oxygens (including phenoxy) is 1. The first-order valence-corrected chi connectivity index (χ1v) is 15.6. The number of methoxy groups -OCH3 is 1. The van der Waals surface area contributed by atoms with Crippen molar-refractivity contribution >= 4 is 28.5 Å². The maximum absolute atomic E-state index is 13.9. The van der Waals surface area contributed by atoms with Crippen molar-refractivity contribution in [3.05, 3.63) is 47.3 Å². The van der Waals surface area contributed by atoms with E-state index in [0.717, 1.165) is 66.0 Å². The number of piperidine rings is 1. The zero-order valence-corrected chi connectivity index (χ0v) is 25.5. The Hall–Kier alpha value is -3.92. The molecule has 2 saturated heterocycles. The van der Waals surface area contributed by atoms with E-state index in [-0.39, 0.29) is 35.9 Å². The summed E-state index contributed by atoms with van der Waals surface area (Å²) in [6, 6.07) is 10.6. The van der Waals surface area contributed by atoms with Gasteiger partial charge in [0.05, 0.1) is 18.5 Å². The van der Waals surface area contributed by atoms with Crippen molar-refractivity contribution in [2.75, 3.05) is 14.2 Å². The summed E-state index contributed by atoms with van der Waals surface area (Å²) in [6.07, 6.45) is 6.56. The molecule has 10 heteroatoms. The van der Waals surface area contributed by atoms with E-state index in [2.05, 4.69) is 33.8 Å². The molecule has 0 radical (unpaired) electrons. The fourth-order valence-electron chi connectivity index (χ4n) is 7.33. The van der Waals surface area contributed by atoms with Gasteiger partial charge in [0.1, 0.15) is 17.0 Å². The van der Waals surface area contributed by atoms with Crippen LogP contribution in [0.15, 0.2) is 30.3 Å². The number of fused-ring (bicyclic) bond motifs is 4. The third-order valence-corrected chi connectivity index (χ3v) is 9.80. The molecule has 4 atom stereocenters. The van der Waals surface area contributed by atoms with Crippen molar-refractivity contribution in [1.82, 2.24) is 29.2 Å². The zero-order valence-electron chi connectivity index (χ0n) is 25.5. The van der Waals surface area contributed by atoms with Gasteiger partial charge in [0, 0.05) is 66.8 Å². The number of carbonyl (C=O) groups excluding carboxylic acids is 2. The average Bonchev–Trinajstić information content (AvgIpc) is 3.59. The van der Waals surface area contributed by atoms with Crippen LogP contribution < -0.4 is 15.8 Å². The lowest BCUT2D eigenvalue weighted by Crippen LogP contribution is -2.50. The molecule has 7 rings (SSSR count). The van der Waals surface area contributed by atoms with Crippen LogP contribution in [0.25, 0.3) is 28.1 Å². The van der Waals surface area contributed by atoms with E-state index in [1.54, 1.807) is 14.2 Å². The third kappa shape index (κ3) is 4.85. The number of nitrogens with two attached hydrogens (primary N) is 1. The predicted molar refractivity (Wildman–Crippen MR) is 165 cm³/mol. The smallest absolute Gasteiger partial charge is 0.254 e. The van der Waals surface area contributed by atoms with E-state index in [4.69, 9.17) is 20.4 Å². The number of hydrogen-bond acceptors (Lipinski definition) is 6. The number of nitrogens with one attached hydrogen (secondary N) is 1. The molecule has 4 aromatic heterocycles. The van der Waals surface area contributed by atoms with Gasteiger partial charge in [-0.3, -0.25) is 14.0 Å². The lowest BCUT2D eigenvalue weighted by Gasteiger charge is -2.37. The van der Waals surface area contributed by atoms with Crippen molar-refractivity contribution in [1.29, 1.82) is 0 Å². The van der Waals surface area contributed by atoms with E-state index in [9.17, 15) is 9.59 Å². The average molecular weight is 584 g/mol. The van der Waals surface area contributed by atoms with Crippen LogP contribution in [-0.4, -0.2) is 67.9 Å². The highest BCUT2D eigenvalue weighted by molar-refractivity contribution is 5.96. The van der Waals surface area contributed by atoms with Crippen LogP contribution in [-0.2, 0) is 11.3 Å². The number of carbonyl (C=O) groups is 2. The SMILES string of the molecule is CNC(=O)CC(C)c1ccc2cc(-c3nc4cc(C(=O)N5[C@@H]6CC[C@H]5CC(N)C6)cc(OC)n4c3C)n(CC3CC3)c2n1.